The Bertz CT molecular complexity index is 756. The van der Waals surface area contributed by atoms with Crippen molar-refractivity contribution in [1.29, 1.82) is 0 Å². The standard InChI is InChI=1S/C15H14N4OS2/c1-4-20-7-12-13(1)18-15(17-11-3-6-22-9-11)19-14(12)16-10-2-5-21-8-10/h2-3,5-6,8-9H,1,4,7H2,(H2,16,17,18,19). The van der Waals surface area contributed by atoms with Gasteiger partial charge < -0.3 is 15.4 Å². The van der Waals surface area contributed by atoms with Crippen molar-refractivity contribution in [3.8, 4) is 0 Å². The van der Waals surface area contributed by atoms with Gasteiger partial charge in [0.15, 0.2) is 0 Å². The van der Waals surface area contributed by atoms with E-state index in [1.165, 1.54) is 0 Å². The number of aromatic nitrogens is 2. The van der Waals surface area contributed by atoms with Gasteiger partial charge in [-0.05, 0) is 22.9 Å². The van der Waals surface area contributed by atoms with Gasteiger partial charge in [0.05, 0.1) is 30.3 Å². The van der Waals surface area contributed by atoms with E-state index in [9.17, 15) is 0 Å². The van der Waals surface area contributed by atoms with Crippen molar-refractivity contribution in [2.24, 2.45) is 0 Å². The van der Waals surface area contributed by atoms with E-state index in [0.717, 1.165) is 34.9 Å². The molecule has 0 saturated carbocycles. The molecule has 3 aromatic heterocycles. The smallest absolute Gasteiger partial charge is 0.229 e. The van der Waals surface area contributed by atoms with Gasteiger partial charge in [0.25, 0.3) is 0 Å². The lowest BCUT2D eigenvalue weighted by molar-refractivity contribution is 0.109. The number of hydrogen-bond donors (Lipinski definition) is 2. The van der Waals surface area contributed by atoms with E-state index < -0.39 is 0 Å². The maximum absolute atomic E-state index is 5.57. The zero-order valence-electron chi connectivity index (χ0n) is 11.7. The molecule has 0 amide bonds. The van der Waals surface area contributed by atoms with E-state index >= 15 is 0 Å². The van der Waals surface area contributed by atoms with Gasteiger partial charge in [0.1, 0.15) is 5.82 Å². The Morgan fingerprint density at radius 1 is 1.00 bits per heavy atom. The maximum Gasteiger partial charge on any atom is 0.229 e. The molecular weight excluding hydrogens is 316 g/mol. The number of anilines is 4. The molecule has 0 radical (unpaired) electrons. The van der Waals surface area contributed by atoms with Crippen LogP contribution in [0.2, 0.25) is 0 Å². The average molecular weight is 330 g/mol. The van der Waals surface area contributed by atoms with E-state index in [-0.39, 0.29) is 0 Å². The van der Waals surface area contributed by atoms with Gasteiger partial charge in [-0.2, -0.15) is 27.7 Å². The van der Waals surface area contributed by atoms with Gasteiger partial charge in [-0.3, -0.25) is 0 Å². The Balaban J connectivity index is 1.70. The van der Waals surface area contributed by atoms with Crippen molar-refractivity contribution in [2.75, 3.05) is 17.2 Å². The van der Waals surface area contributed by atoms with E-state index in [4.69, 9.17) is 4.74 Å². The molecule has 0 fully saturated rings. The molecule has 0 saturated heterocycles. The minimum atomic E-state index is 0.556. The monoisotopic (exact) mass is 330 g/mol. The molecule has 0 atom stereocenters. The molecule has 7 heteroatoms. The molecule has 0 bridgehead atoms. The third kappa shape index (κ3) is 2.83. The summed E-state index contributed by atoms with van der Waals surface area (Å²) in [6.07, 6.45) is 0.814. The van der Waals surface area contributed by atoms with Crippen LogP contribution in [-0.2, 0) is 17.8 Å². The molecule has 2 N–H and O–H groups in total. The molecule has 5 nitrogen and oxygen atoms in total. The Hall–Kier alpha value is -1.96. The van der Waals surface area contributed by atoms with Crippen molar-refractivity contribution < 1.29 is 4.74 Å². The highest BCUT2D eigenvalue weighted by atomic mass is 32.1. The predicted octanol–water partition coefficient (Wildman–Crippen LogP) is 4.16. The number of rotatable bonds is 4. The van der Waals surface area contributed by atoms with Crippen LogP contribution in [0.5, 0.6) is 0 Å². The molecule has 3 aromatic rings. The third-order valence-corrected chi connectivity index (χ3v) is 4.75. The minimum absolute atomic E-state index is 0.556. The first-order valence-electron chi connectivity index (χ1n) is 6.94. The second-order valence-corrected chi connectivity index (χ2v) is 6.46. The number of nitrogens with zero attached hydrogens (tertiary/aromatic N) is 2. The second-order valence-electron chi connectivity index (χ2n) is 4.90. The molecule has 1 aliphatic rings. The average Bonchev–Trinajstić information content (AvgIpc) is 3.21. The van der Waals surface area contributed by atoms with Crippen LogP contribution in [0.15, 0.2) is 33.7 Å². The Kier molecular flexibility index (Phi) is 3.75. The first-order chi connectivity index (χ1) is 10.9. The number of fused-ring (bicyclic) bond motifs is 1. The van der Waals surface area contributed by atoms with Crippen molar-refractivity contribution in [1.82, 2.24) is 9.97 Å². The quantitative estimate of drug-likeness (QED) is 0.752. The van der Waals surface area contributed by atoms with Gasteiger partial charge in [-0.1, -0.05) is 0 Å². The number of nitrogens with one attached hydrogen (secondary N) is 2. The topological polar surface area (TPSA) is 59.1 Å². The van der Waals surface area contributed by atoms with Crippen molar-refractivity contribution in [3.63, 3.8) is 0 Å². The summed E-state index contributed by atoms with van der Waals surface area (Å²) in [7, 11) is 0. The Morgan fingerprint density at radius 2 is 1.77 bits per heavy atom. The lowest BCUT2D eigenvalue weighted by atomic mass is 10.1. The Labute approximate surface area is 136 Å². The summed E-state index contributed by atoms with van der Waals surface area (Å²) in [4.78, 5) is 9.27. The van der Waals surface area contributed by atoms with Crippen LogP contribution in [0.4, 0.5) is 23.1 Å². The normalized spacial score (nSPS) is 13.6. The summed E-state index contributed by atoms with van der Waals surface area (Å²) in [6, 6.07) is 4.05. The molecule has 4 heterocycles. The minimum Gasteiger partial charge on any atom is -0.376 e. The zero-order chi connectivity index (χ0) is 14.8. The van der Waals surface area contributed by atoms with Gasteiger partial charge in [-0.25, -0.2) is 4.98 Å². The second kappa shape index (κ2) is 6.04. The molecule has 112 valence electrons. The number of thiophene rings is 2. The van der Waals surface area contributed by atoms with Crippen LogP contribution in [0, 0.1) is 0 Å². The zero-order valence-corrected chi connectivity index (χ0v) is 13.3. The van der Waals surface area contributed by atoms with E-state index in [1.807, 2.05) is 28.3 Å². The van der Waals surface area contributed by atoms with Crippen LogP contribution < -0.4 is 10.6 Å². The van der Waals surface area contributed by atoms with E-state index in [1.54, 1.807) is 22.7 Å². The molecule has 0 aromatic carbocycles. The van der Waals surface area contributed by atoms with Gasteiger partial charge >= 0.3 is 0 Å². The molecule has 0 spiro atoms. The summed E-state index contributed by atoms with van der Waals surface area (Å²) in [6.45, 7) is 1.26. The first-order valence-corrected chi connectivity index (χ1v) is 8.83. The lowest BCUT2D eigenvalue weighted by Crippen LogP contribution is -2.16. The SMILES string of the molecule is c1cc(Nc2nc3c(c(Nc4ccsc4)n2)COCC3)cs1. The fourth-order valence-electron chi connectivity index (χ4n) is 2.33. The van der Waals surface area contributed by atoms with Crippen LogP contribution in [0.3, 0.4) is 0 Å². The van der Waals surface area contributed by atoms with Crippen LogP contribution in [0.1, 0.15) is 11.3 Å². The lowest BCUT2D eigenvalue weighted by Gasteiger charge is -2.20. The fraction of sp³-hybridized carbons (Fsp3) is 0.200. The summed E-state index contributed by atoms with van der Waals surface area (Å²) in [5.41, 5.74) is 4.15. The summed E-state index contributed by atoms with van der Waals surface area (Å²) in [5, 5.41) is 14.8. The van der Waals surface area contributed by atoms with E-state index in [0.29, 0.717) is 19.2 Å². The van der Waals surface area contributed by atoms with Crippen molar-refractivity contribution in [3.05, 3.63) is 44.9 Å². The molecule has 4 rings (SSSR count). The van der Waals surface area contributed by atoms with Crippen molar-refractivity contribution in [2.45, 2.75) is 13.0 Å². The fourth-order valence-corrected chi connectivity index (χ4v) is 3.50. The molecule has 1 aliphatic heterocycles. The Morgan fingerprint density at radius 3 is 2.50 bits per heavy atom. The maximum atomic E-state index is 5.57. The van der Waals surface area contributed by atoms with Crippen LogP contribution in [0.25, 0.3) is 0 Å². The molecule has 0 aliphatic carbocycles. The number of ether oxygens (including phenoxy) is 1. The van der Waals surface area contributed by atoms with Gasteiger partial charge in [-0.15, -0.1) is 0 Å². The van der Waals surface area contributed by atoms with Crippen LogP contribution >= 0.6 is 22.7 Å². The van der Waals surface area contributed by atoms with Crippen molar-refractivity contribution >= 4 is 45.8 Å². The van der Waals surface area contributed by atoms with Gasteiger partial charge in [0, 0.05) is 22.7 Å². The predicted molar refractivity (Wildman–Crippen MR) is 90.6 cm³/mol. The number of hydrogen-bond acceptors (Lipinski definition) is 7. The van der Waals surface area contributed by atoms with Gasteiger partial charge in [0.2, 0.25) is 5.95 Å². The highest BCUT2D eigenvalue weighted by Gasteiger charge is 2.18. The van der Waals surface area contributed by atoms with E-state index in [2.05, 4.69) is 26.0 Å². The highest BCUT2D eigenvalue weighted by Crippen LogP contribution is 2.28. The molecule has 0 unspecified atom stereocenters. The van der Waals surface area contributed by atoms with Crippen LogP contribution in [-0.4, -0.2) is 16.6 Å². The highest BCUT2D eigenvalue weighted by molar-refractivity contribution is 7.08. The third-order valence-electron chi connectivity index (χ3n) is 3.38. The molecule has 22 heavy (non-hydrogen) atoms. The summed E-state index contributed by atoms with van der Waals surface area (Å²) >= 11 is 3.30. The summed E-state index contributed by atoms with van der Waals surface area (Å²) in [5.74, 6) is 1.44. The summed E-state index contributed by atoms with van der Waals surface area (Å²) < 4.78 is 5.57. The first kappa shape index (κ1) is 13.7. The molecular formula is C15H14N4OS2. The largest absolute Gasteiger partial charge is 0.376 e.